The minimum absolute atomic E-state index is 0.0997. The molecular weight excluding hydrogens is 430 g/mol. The van der Waals surface area contributed by atoms with Gasteiger partial charge in [0.2, 0.25) is 11.8 Å². The van der Waals surface area contributed by atoms with Crippen LogP contribution in [0.3, 0.4) is 0 Å². The Morgan fingerprint density at radius 1 is 0.970 bits per heavy atom. The molecule has 0 saturated carbocycles. The lowest BCUT2D eigenvalue weighted by Gasteiger charge is -2.32. The van der Waals surface area contributed by atoms with Crippen molar-refractivity contribution in [2.45, 2.75) is 13.0 Å². The van der Waals surface area contributed by atoms with Crippen LogP contribution in [0, 0.1) is 11.6 Å². The zero-order valence-corrected chi connectivity index (χ0v) is 17.8. The summed E-state index contributed by atoms with van der Waals surface area (Å²) in [5.41, 5.74) is 2.03. The Morgan fingerprint density at radius 2 is 1.76 bits per heavy atom. The number of carbonyl (C=O) groups is 1. The molecule has 0 unspecified atom stereocenters. The number of amides is 1. The normalized spacial score (nSPS) is 15.8. The van der Waals surface area contributed by atoms with Crippen molar-refractivity contribution in [3.05, 3.63) is 77.0 Å². The van der Waals surface area contributed by atoms with Gasteiger partial charge in [0.15, 0.2) is 11.6 Å². The van der Waals surface area contributed by atoms with Crippen LogP contribution in [0.4, 0.5) is 14.7 Å². The molecule has 170 valence electrons. The summed E-state index contributed by atoms with van der Waals surface area (Å²) in [6.07, 6.45) is 0.530. The van der Waals surface area contributed by atoms with Gasteiger partial charge >= 0.3 is 0 Å². The Hall–Kier alpha value is -3.59. The van der Waals surface area contributed by atoms with Crippen LogP contribution in [0.5, 0.6) is 11.6 Å². The number of ether oxygens (including phenoxy) is 2. The number of benzene rings is 2. The third-order valence-corrected chi connectivity index (χ3v) is 5.72. The average molecular weight is 452 g/mol. The van der Waals surface area contributed by atoms with Gasteiger partial charge < -0.3 is 19.3 Å². The molecule has 33 heavy (non-hydrogen) atoms. The molecule has 0 aliphatic carbocycles. The molecule has 3 heterocycles. The molecule has 0 N–H and O–H groups in total. The maximum atomic E-state index is 13.8. The minimum atomic E-state index is -1.01. The lowest BCUT2D eigenvalue weighted by Crippen LogP contribution is -2.39. The standard InChI is InChI=1S/C24H22F2N4O3/c25-19-7-6-17(14-20(19)26)33-22-18-15-30(23(31)16-4-2-1-3-5-16)9-8-21(18)27-24(28-22)29-10-12-32-13-11-29/h1-7,14H,8-13,15H2. The van der Waals surface area contributed by atoms with E-state index in [-0.39, 0.29) is 24.1 Å². The number of fused-ring (bicyclic) bond motifs is 1. The van der Waals surface area contributed by atoms with Gasteiger partial charge in [-0.05, 0) is 24.3 Å². The second-order valence-electron chi connectivity index (χ2n) is 7.87. The molecule has 0 bridgehead atoms. The summed E-state index contributed by atoms with van der Waals surface area (Å²) < 4.78 is 38.5. The van der Waals surface area contributed by atoms with Crippen molar-refractivity contribution < 1.29 is 23.0 Å². The molecule has 2 aliphatic rings. The molecule has 0 atom stereocenters. The summed E-state index contributed by atoms with van der Waals surface area (Å²) in [6.45, 7) is 3.18. The van der Waals surface area contributed by atoms with Gasteiger partial charge in [-0.2, -0.15) is 4.98 Å². The number of anilines is 1. The van der Waals surface area contributed by atoms with E-state index in [0.29, 0.717) is 56.3 Å². The fourth-order valence-corrected chi connectivity index (χ4v) is 3.95. The number of hydrogen-bond donors (Lipinski definition) is 0. The van der Waals surface area contributed by atoms with Crippen LogP contribution >= 0.6 is 0 Å². The van der Waals surface area contributed by atoms with Gasteiger partial charge in [-0.25, -0.2) is 13.8 Å². The van der Waals surface area contributed by atoms with Gasteiger partial charge in [0.25, 0.3) is 5.91 Å². The Labute approximate surface area is 189 Å². The summed E-state index contributed by atoms with van der Waals surface area (Å²) in [5.74, 6) is -1.22. The van der Waals surface area contributed by atoms with Gasteiger partial charge in [0.1, 0.15) is 5.75 Å². The van der Waals surface area contributed by atoms with Crippen LogP contribution in [0.2, 0.25) is 0 Å². The van der Waals surface area contributed by atoms with E-state index in [1.54, 1.807) is 17.0 Å². The fraction of sp³-hybridized carbons (Fsp3) is 0.292. The van der Waals surface area contributed by atoms with Crippen molar-refractivity contribution in [1.82, 2.24) is 14.9 Å². The van der Waals surface area contributed by atoms with Crippen molar-refractivity contribution in [3.63, 3.8) is 0 Å². The molecule has 9 heteroatoms. The summed E-state index contributed by atoms with van der Waals surface area (Å²) in [7, 11) is 0. The minimum Gasteiger partial charge on any atom is -0.438 e. The molecule has 0 spiro atoms. The number of halogens is 2. The third-order valence-electron chi connectivity index (χ3n) is 5.72. The van der Waals surface area contributed by atoms with Crippen molar-refractivity contribution in [3.8, 4) is 11.6 Å². The zero-order chi connectivity index (χ0) is 22.8. The molecule has 7 nitrogen and oxygen atoms in total. The first-order valence-electron chi connectivity index (χ1n) is 10.8. The van der Waals surface area contributed by atoms with Crippen molar-refractivity contribution >= 4 is 11.9 Å². The maximum absolute atomic E-state index is 13.8. The second kappa shape index (κ2) is 9.11. The molecule has 2 aromatic carbocycles. The summed E-state index contributed by atoms with van der Waals surface area (Å²) in [6, 6.07) is 12.4. The monoisotopic (exact) mass is 452 g/mol. The molecule has 5 rings (SSSR count). The number of hydrogen-bond acceptors (Lipinski definition) is 6. The first-order valence-corrected chi connectivity index (χ1v) is 10.8. The van der Waals surface area contributed by atoms with E-state index in [0.717, 1.165) is 17.8 Å². The summed E-state index contributed by atoms with van der Waals surface area (Å²) in [5, 5.41) is 0. The van der Waals surface area contributed by atoms with Crippen LogP contribution < -0.4 is 9.64 Å². The predicted molar refractivity (Wildman–Crippen MR) is 116 cm³/mol. The smallest absolute Gasteiger partial charge is 0.254 e. The number of aromatic nitrogens is 2. The third kappa shape index (κ3) is 4.49. The Morgan fingerprint density at radius 3 is 2.52 bits per heavy atom. The molecule has 1 aromatic heterocycles. The van der Waals surface area contributed by atoms with E-state index in [2.05, 4.69) is 4.98 Å². The second-order valence-corrected chi connectivity index (χ2v) is 7.87. The van der Waals surface area contributed by atoms with Crippen LogP contribution in [0.1, 0.15) is 21.6 Å². The summed E-state index contributed by atoms with van der Waals surface area (Å²) in [4.78, 5) is 26.1. The van der Waals surface area contributed by atoms with E-state index in [1.807, 2.05) is 23.1 Å². The maximum Gasteiger partial charge on any atom is 0.254 e. The quantitative estimate of drug-likeness (QED) is 0.603. The highest BCUT2D eigenvalue weighted by Crippen LogP contribution is 2.32. The van der Waals surface area contributed by atoms with Gasteiger partial charge in [-0.1, -0.05) is 18.2 Å². The van der Waals surface area contributed by atoms with Crippen molar-refractivity contribution in [1.29, 1.82) is 0 Å². The fourth-order valence-electron chi connectivity index (χ4n) is 3.95. The molecule has 0 radical (unpaired) electrons. The molecule has 1 fully saturated rings. The summed E-state index contributed by atoms with van der Waals surface area (Å²) >= 11 is 0. The van der Waals surface area contributed by atoms with Crippen LogP contribution in [0.15, 0.2) is 48.5 Å². The highest BCUT2D eigenvalue weighted by molar-refractivity contribution is 5.94. The van der Waals surface area contributed by atoms with Gasteiger partial charge in [-0.3, -0.25) is 4.79 Å². The van der Waals surface area contributed by atoms with Crippen molar-refractivity contribution in [2.75, 3.05) is 37.7 Å². The van der Waals surface area contributed by atoms with E-state index >= 15 is 0 Å². The Kier molecular flexibility index (Phi) is 5.87. The highest BCUT2D eigenvalue weighted by Gasteiger charge is 2.28. The lowest BCUT2D eigenvalue weighted by atomic mass is 10.1. The predicted octanol–water partition coefficient (Wildman–Crippen LogP) is 3.58. The lowest BCUT2D eigenvalue weighted by molar-refractivity contribution is 0.0731. The first kappa shape index (κ1) is 21.3. The molecule has 3 aromatic rings. The van der Waals surface area contributed by atoms with E-state index in [1.165, 1.54) is 6.07 Å². The number of morpholine rings is 1. The largest absolute Gasteiger partial charge is 0.438 e. The van der Waals surface area contributed by atoms with Gasteiger partial charge in [-0.15, -0.1) is 0 Å². The highest BCUT2D eigenvalue weighted by atomic mass is 19.2. The topological polar surface area (TPSA) is 67.8 Å². The van der Waals surface area contributed by atoms with Crippen LogP contribution in [-0.4, -0.2) is 53.6 Å². The molecule has 1 amide bonds. The van der Waals surface area contributed by atoms with Crippen LogP contribution in [0.25, 0.3) is 0 Å². The Bertz CT molecular complexity index is 1170. The van der Waals surface area contributed by atoms with Gasteiger partial charge in [0, 0.05) is 37.7 Å². The SMILES string of the molecule is O=C(c1ccccc1)N1CCc2nc(N3CCOCC3)nc(Oc3ccc(F)c(F)c3)c2C1. The van der Waals surface area contributed by atoms with E-state index in [4.69, 9.17) is 14.5 Å². The van der Waals surface area contributed by atoms with E-state index in [9.17, 15) is 13.6 Å². The van der Waals surface area contributed by atoms with Crippen LogP contribution in [-0.2, 0) is 17.7 Å². The number of nitrogens with zero attached hydrogens (tertiary/aromatic N) is 4. The number of rotatable bonds is 4. The molecule has 2 aliphatic heterocycles. The number of carbonyl (C=O) groups excluding carboxylic acids is 1. The van der Waals surface area contributed by atoms with Gasteiger partial charge in [0.05, 0.1) is 31.0 Å². The average Bonchev–Trinajstić information content (AvgIpc) is 2.86. The zero-order valence-electron chi connectivity index (χ0n) is 17.8. The first-order chi connectivity index (χ1) is 16.1. The Balaban J connectivity index is 1.49. The van der Waals surface area contributed by atoms with Crippen molar-refractivity contribution in [2.24, 2.45) is 0 Å². The molecular formula is C24H22F2N4O3. The van der Waals surface area contributed by atoms with E-state index < -0.39 is 11.6 Å². The molecule has 1 saturated heterocycles.